The van der Waals surface area contributed by atoms with Crippen molar-refractivity contribution >= 4 is 11.6 Å². The van der Waals surface area contributed by atoms with Gasteiger partial charge in [0.05, 0.1) is 11.6 Å². The molecule has 0 saturated heterocycles. The summed E-state index contributed by atoms with van der Waals surface area (Å²) in [5.74, 6) is -2.42. The van der Waals surface area contributed by atoms with Gasteiger partial charge in [0.15, 0.2) is 5.75 Å². The Hall–Kier alpha value is -0.970. The number of halogens is 4. The molecule has 2 nitrogen and oxygen atoms in total. The number of hydrogen-bond donors (Lipinski definition) is 1. The van der Waals surface area contributed by atoms with Gasteiger partial charge in [-0.2, -0.15) is 4.39 Å². The van der Waals surface area contributed by atoms with E-state index in [1.165, 1.54) is 0 Å². The third kappa shape index (κ3) is 2.03. The molecule has 6 heteroatoms. The molecule has 13 heavy (non-hydrogen) atoms. The summed E-state index contributed by atoms with van der Waals surface area (Å²) in [6.45, 7) is 0. The van der Waals surface area contributed by atoms with Crippen LogP contribution in [0.2, 0.25) is 0 Å². The Morgan fingerprint density at radius 1 is 1.54 bits per heavy atom. The minimum absolute atomic E-state index is 0.257. The van der Waals surface area contributed by atoms with E-state index in [4.69, 9.17) is 16.7 Å². The first-order valence-corrected chi connectivity index (χ1v) is 3.82. The van der Waals surface area contributed by atoms with Crippen LogP contribution in [0.4, 0.5) is 13.2 Å². The lowest BCUT2D eigenvalue weighted by Gasteiger charge is -2.05. The maximum atomic E-state index is 12.5. The lowest BCUT2D eigenvalue weighted by atomic mass is 10.2. The quantitative estimate of drug-likeness (QED) is 0.603. The van der Waals surface area contributed by atoms with Crippen molar-refractivity contribution in [1.82, 2.24) is 4.98 Å². The molecule has 0 atom stereocenters. The summed E-state index contributed by atoms with van der Waals surface area (Å²) >= 11 is 5.26. The average molecular weight is 212 g/mol. The van der Waals surface area contributed by atoms with Crippen LogP contribution in [0, 0.1) is 5.95 Å². The Morgan fingerprint density at radius 2 is 2.15 bits per heavy atom. The standard InChI is InChI=1S/C7H5ClF3NO/c8-2-4-3(6(9)10)1-5(13)7(11)12-4/h1,6,13H,2H2. The molecule has 0 unspecified atom stereocenters. The van der Waals surface area contributed by atoms with E-state index in [1.807, 2.05) is 0 Å². The molecule has 0 bridgehead atoms. The maximum Gasteiger partial charge on any atom is 0.265 e. The van der Waals surface area contributed by atoms with E-state index in [9.17, 15) is 13.2 Å². The molecule has 1 aromatic heterocycles. The number of nitrogens with zero attached hydrogens (tertiary/aromatic N) is 1. The molecule has 0 aliphatic rings. The summed E-state index contributed by atoms with van der Waals surface area (Å²) in [6.07, 6.45) is -2.83. The largest absolute Gasteiger partial charge is 0.504 e. The van der Waals surface area contributed by atoms with E-state index >= 15 is 0 Å². The van der Waals surface area contributed by atoms with Crippen LogP contribution in [-0.4, -0.2) is 10.1 Å². The van der Waals surface area contributed by atoms with Gasteiger partial charge in [-0.05, 0) is 6.07 Å². The SMILES string of the molecule is Oc1cc(C(F)F)c(CCl)nc1F. The molecule has 0 fully saturated rings. The van der Waals surface area contributed by atoms with Crippen LogP contribution in [-0.2, 0) is 5.88 Å². The number of rotatable bonds is 2. The van der Waals surface area contributed by atoms with Gasteiger partial charge in [0.2, 0.25) is 0 Å². The minimum Gasteiger partial charge on any atom is -0.504 e. The van der Waals surface area contributed by atoms with Crippen LogP contribution in [0.3, 0.4) is 0 Å². The van der Waals surface area contributed by atoms with Crippen LogP contribution in [0.15, 0.2) is 6.07 Å². The fourth-order valence-electron chi connectivity index (χ4n) is 0.826. The average Bonchev–Trinajstić information content (AvgIpc) is 2.08. The van der Waals surface area contributed by atoms with Crippen molar-refractivity contribution in [3.05, 3.63) is 23.3 Å². The Bertz CT molecular complexity index is 319. The Balaban J connectivity index is 3.25. The van der Waals surface area contributed by atoms with Crippen molar-refractivity contribution in [3.8, 4) is 5.75 Å². The smallest absolute Gasteiger partial charge is 0.265 e. The lowest BCUT2D eigenvalue weighted by molar-refractivity contribution is 0.149. The van der Waals surface area contributed by atoms with Crippen LogP contribution < -0.4 is 0 Å². The van der Waals surface area contributed by atoms with Gasteiger partial charge in [-0.15, -0.1) is 11.6 Å². The van der Waals surface area contributed by atoms with Gasteiger partial charge in [-0.1, -0.05) is 0 Å². The highest BCUT2D eigenvalue weighted by molar-refractivity contribution is 6.17. The van der Waals surface area contributed by atoms with Crippen molar-refractivity contribution in [1.29, 1.82) is 0 Å². The Labute approximate surface area is 77.0 Å². The summed E-state index contributed by atoms with van der Waals surface area (Å²) in [6, 6.07) is 0.630. The van der Waals surface area contributed by atoms with E-state index in [0.717, 1.165) is 0 Å². The predicted octanol–water partition coefficient (Wildman–Crippen LogP) is 2.60. The topological polar surface area (TPSA) is 33.1 Å². The Morgan fingerprint density at radius 3 is 2.62 bits per heavy atom. The molecule has 0 aromatic carbocycles. The van der Waals surface area contributed by atoms with Crippen LogP contribution in [0.5, 0.6) is 5.75 Å². The van der Waals surface area contributed by atoms with Crippen LogP contribution in [0.25, 0.3) is 0 Å². The van der Waals surface area contributed by atoms with Crippen molar-refractivity contribution in [2.45, 2.75) is 12.3 Å². The molecule has 0 amide bonds. The molecular formula is C7H5ClF3NO. The zero-order valence-electron chi connectivity index (χ0n) is 6.27. The first-order valence-electron chi connectivity index (χ1n) is 3.28. The second-order valence-electron chi connectivity index (χ2n) is 2.27. The summed E-state index contributed by atoms with van der Waals surface area (Å²) in [7, 11) is 0. The molecule has 1 heterocycles. The fraction of sp³-hybridized carbons (Fsp3) is 0.286. The van der Waals surface area contributed by atoms with Gasteiger partial charge in [0.1, 0.15) is 0 Å². The van der Waals surface area contributed by atoms with Crippen molar-refractivity contribution < 1.29 is 18.3 Å². The minimum atomic E-state index is -2.83. The highest BCUT2D eigenvalue weighted by Gasteiger charge is 2.17. The summed E-state index contributed by atoms with van der Waals surface area (Å²) in [4.78, 5) is 3.08. The zero-order valence-corrected chi connectivity index (χ0v) is 7.02. The molecule has 0 aliphatic heterocycles. The van der Waals surface area contributed by atoms with E-state index in [0.29, 0.717) is 6.07 Å². The van der Waals surface area contributed by atoms with Crippen molar-refractivity contribution in [2.75, 3.05) is 0 Å². The first-order chi connectivity index (χ1) is 6.06. The summed E-state index contributed by atoms with van der Waals surface area (Å²) < 4.78 is 36.9. The van der Waals surface area contributed by atoms with Gasteiger partial charge in [-0.3, -0.25) is 0 Å². The molecule has 1 rings (SSSR count). The Kier molecular flexibility index (Phi) is 2.98. The normalized spacial score (nSPS) is 10.8. The highest BCUT2D eigenvalue weighted by Crippen LogP contribution is 2.27. The predicted molar refractivity (Wildman–Crippen MR) is 40.4 cm³/mol. The molecular weight excluding hydrogens is 207 g/mol. The number of aromatic nitrogens is 1. The molecule has 0 saturated carbocycles. The summed E-state index contributed by atoms with van der Waals surface area (Å²) in [5.41, 5.74) is -0.805. The van der Waals surface area contributed by atoms with Crippen molar-refractivity contribution in [2.24, 2.45) is 0 Å². The van der Waals surface area contributed by atoms with Gasteiger partial charge in [0.25, 0.3) is 12.4 Å². The second-order valence-corrected chi connectivity index (χ2v) is 2.54. The molecule has 0 radical (unpaired) electrons. The highest BCUT2D eigenvalue weighted by atomic mass is 35.5. The summed E-state index contributed by atoms with van der Waals surface area (Å²) in [5, 5.41) is 8.76. The van der Waals surface area contributed by atoms with Gasteiger partial charge >= 0.3 is 0 Å². The lowest BCUT2D eigenvalue weighted by Crippen LogP contribution is -1.98. The third-order valence-electron chi connectivity index (χ3n) is 1.43. The van der Waals surface area contributed by atoms with E-state index in [1.54, 1.807) is 0 Å². The first kappa shape index (κ1) is 10.1. The zero-order chi connectivity index (χ0) is 10.0. The second kappa shape index (κ2) is 3.83. The van der Waals surface area contributed by atoms with E-state index < -0.39 is 23.7 Å². The van der Waals surface area contributed by atoms with Crippen LogP contribution >= 0.6 is 11.6 Å². The number of hydrogen-bond acceptors (Lipinski definition) is 2. The molecule has 0 spiro atoms. The van der Waals surface area contributed by atoms with Gasteiger partial charge in [0, 0.05) is 5.56 Å². The molecule has 1 aromatic rings. The van der Waals surface area contributed by atoms with Gasteiger partial charge in [-0.25, -0.2) is 13.8 Å². The molecule has 0 aliphatic carbocycles. The third-order valence-corrected chi connectivity index (χ3v) is 1.68. The van der Waals surface area contributed by atoms with Crippen molar-refractivity contribution in [3.63, 3.8) is 0 Å². The monoisotopic (exact) mass is 211 g/mol. The van der Waals surface area contributed by atoms with E-state index in [-0.39, 0.29) is 11.6 Å². The molecule has 1 N–H and O–H groups in total. The fourth-order valence-corrected chi connectivity index (χ4v) is 1.04. The van der Waals surface area contributed by atoms with Crippen LogP contribution in [0.1, 0.15) is 17.7 Å². The molecule has 72 valence electrons. The van der Waals surface area contributed by atoms with E-state index in [2.05, 4.69) is 4.98 Å². The number of pyridine rings is 1. The van der Waals surface area contributed by atoms with Gasteiger partial charge < -0.3 is 5.11 Å². The number of alkyl halides is 3. The maximum absolute atomic E-state index is 12.5. The number of aromatic hydroxyl groups is 1.